The first-order chi connectivity index (χ1) is 9.88. The van der Waals surface area contributed by atoms with E-state index in [0.717, 1.165) is 19.3 Å². The van der Waals surface area contributed by atoms with E-state index in [1.807, 2.05) is 0 Å². The summed E-state index contributed by atoms with van der Waals surface area (Å²) in [4.78, 5) is 11.1. The van der Waals surface area contributed by atoms with Crippen LogP contribution in [0.4, 0.5) is 0 Å². The second-order valence-corrected chi connectivity index (χ2v) is 6.19. The minimum atomic E-state index is -0.765. The summed E-state index contributed by atoms with van der Waals surface area (Å²) in [5.41, 5.74) is 11.0. The number of carboxylic acids is 1. The molecule has 3 N–H and O–H groups in total. The van der Waals surface area contributed by atoms with Crippen LogP contribution in [-0.2, 0) is 11.2 Å². The predicted molar refractivity (Wildman–Crippen MR) is 87.6 cm³/mol. The molecule has 0 heterocycles. The van der Waals surface area contributed by atoms with Gasteiger partial charge in [-0.05, 0) is 62.6 Å². The molecule has 0 bridgehead atoms. The lowest BCUT2D eigenvalue weighted by Crippen LogP contribution is -2.26. The molecule has 1 aromatic carbocycles. The zero-order chi connectivity index (χ0) is 16.0. The van der Waals surface area contributed by atoms with Gasteiger partial charge in [0.1, 0.15) is 0 Å². The highest BCUT2D eigenvalue weighted by atomic mass is 16.4. The van der Waals surface area contributed by atoms with Gasteiger partial charge >= 0.3 is 5.97 Å². The topological polar surface area (TPSA) is 63.3 Å². The predicted octanol–water partition coefficient (Wildman–Crippen LogP) is 3.62. The van der Waals surface area contributed by atoms with E-state index in [-0.39, 0.29) is 6.54 Å². The monoisotopic (exact) mass is 291 g/mol. The second kappa shape index (κ2) is 8.18. The largest absolute Gasteiger partial charge is 0.481 e. The number of carbonyl (C=O) groups is 1. The Morgan fingerprint density at radius 3 is 2.48 bits per heavy atom. The summed E-state index contributed by atoms with van der Waals surface area (Å²) in [7, 11) is 0. The molecule has 0 aliphatic rings. The number of nitrogens with two attached hydrogens (primary N) is 1. The molecule has 118 valence electrons. The Kier molecular flexibility index (Phi) is 6.90. The minimum Gasteiger partial charge on any atom is -0.481 e. The molecule has 3 heteroatoms. The summed E-state index contributed by atoms with van der Waals surface area (Å²) in [6.07, 6.45) is 3.74. The van der Waals surface area contributed by atoms with Crippen molar-refractivity contribution in [2.75, 3.05) is 6.54 Å². The highest BCUT2D eigenvalue weighted by Gasteiger charge is 2.20. The maximum absolute atomic E-state index is 11.1. The van der Waals surface area contributed by atoms with Crippen molar-refractivity contribution >= 4 is 5.97 Å². The molecule has 0 saturated heterocycles. The average Bonchev–Trinajstić information content (AvgIpc) is 2.43. The normalized spacial score (nSPS) is 14.0. The molecule has 0 fully saturated rings. The number of carboxylic acid groups (broad SMARTS) is 1. The molecule has 3 nitrogen and oxygen atoms in total. The zero-order valence-electron chi connectivity index (χ0n) is 13.8. The van der Waals surface area contributed by atoms with E-state index in [4.69, 9.17) is 10.8 Å². The number of aliphatic carboxylic acids is 1. The molecule has 0 spiro atoms. The smallest absolute Gasteiger partial charge is 0.307 e. The van der Waals surface area contributed by atoms with Gasteiger partial charge in [0, 0.05) is 6.54 Å². The molecule has 2 atom stereocenters. The Morgan fingerprint density at radius 2 is 1.95 bits per heavy atom. The van der Waals surface area contributed by atoms with Crippen molar-refractivity contribution in [3.63, 3.8) is 0 Å². The van der Waals surface area contributed by atoms with E-state index < -0.39 is 11.9 Å². The van der Waals surface area contributed by atoms with Crippen molar-refractivity contribution in [2.45, 2.75) is 53.4 Å². The van der Waals surface area contributed by atoms with E-state index in [1.54, 1.807) is 0 Å². The van der Waals surface area contributed by atoms with Crippen LogP contribution in [0, 0.1) is 32.6 Å². The van der Waals surface area contributed by atoms with Crippen molar-refractivity contribution in [3.8, 4) is 0 Å². The average molecular weight is 291 g/mol. The van der Waals surface area contributed by atoms with Crippen LogP contribution >= 0.6 is 0 Å². The first-order valence-corrected chi connectivity index (χ1v) is 7.88. The molecule has 1 aromatic rings. The third kappa shape index (κ3) is 5.16. The first-order valence-electron chi connectivity index (χ1n) is 7.88. The van der Waals surface area contributed by atoms with Crippen molar-refractivity contribution in [2.24, 2.45) is 17.6 Å². The quantitative estimate of drug-likeness (QED) is 0.769. The molecule has 0 amide bonds. The van der Waals surface area contributed by atoms with E-state index in [0.29, 0.717) is 12.3 Å². The molecule has 0 aliphatic carbocycles. The molecular weight excluding hydrogens is 262 g/mol. The van der Waals surface area contributed by atoms with Gasteiger partial charge in [-0.15, -0.1) is 0 Å². The first kappa shape index (κ1) is 17.7. The Hall–Kier alpha value is -1.35. The van der Waals surface area contributed by atoms with Crippen molar-refractivity contribution in [1.29, 1.82) is 0 Å². The number of hydrogen-bond acceptors (Lipinski definition) is 2. The van der Waals surface area contributed by atoms with Crippen LogP contribution in [0.1, 0.15) is 48.4 Å². The van der Waals surface area contributed by atoms with Gasteiger partial charge in [-0.2, -0.15) is 0 Å². The summed E-state index contributed by atoms with van der Waals surface area (Å²) in [6.45, 7) is 8.81. The highest BCUT2D eigenvalue weighted by Crippen LogP contribution is 2.24. The van der Waals surface area contributed by atoms with Crippen LogP contribution in [0.2, 0.25) is 0 Å². The number of aryl methyl sites for hydroxylation is 3. The third-order valence-electron chi connectivity index (χ3n) is 4.57. The molecule has 0 aliphatic heterocycles. The van der Waals surface area contributed by atoms with Gasteiger partial charge in [-0.25, -0.2) is 0 Å². The lowest BCUT2D eigenvalue weighted by molar-refractivity contribution is -0.142. The lowest BCUT2D eigenvalue weighted by Gasteiger charge is -2.20. The number of benzene rings is 1. The lowest BCUT2D eigenvalue weighted by atomic mass is 9.86. The fourth-order valence-electron chi connectivity index (χ4n) is 2.94. The highest BCUT2D eigenvalue weighted by molar-refractivity contribution is 5.70. The summed E-state index contributed by atoms with van der Waals surface area (Å²) in [6, 6.07) is 4.47. The maximum atomic E-state index is 11.1. The van der Waals surface area contributed by atoms with Crippen LogP contribution in [0.5, 0.6) is 0 Å². The Bertz CT molecular complexity index is 482. The Morgan fingerprint density at radius 1 is 1.29 bits per heavy atom. The van der Waals surface area contributed by atoms with Gasteiger partial charge < -0.3 is 10.8 Å². The van der Waals surface area contributed by atoms with Gasteiger partial charge in [-0.1, -0.05) is 31.0 Å². The standard InChI is InChI=1S/C18H29NO2/c1-5-15(10-17(11-19)18(20)21)6-7-16-9-12(2)8-13(3)14(16)4/h8-9,15,17H,5-7,10-11,19H2,1-4H3,(H,20,21). The molecular formula is C18H29NO2. The molecule has 2 unspecified atom stereocenters. The second-order valence-electron chi connectivity index (χ2n) is 6.19. The van der Waals surface area contributed by atoms with Gasteiger partial charge in [0.15, 0.2) is 0 Å². The summed E-state index contributed by atoms with van der Waals surface area (Å²) < 4.78 is 0. The SMILES string of the molecule is CCC(CCc1cc(C)cc(C)c1C)CC(CN)C(=O)O. The van der Waals surface area contributed by atoms with Crippen molar-refractivity contribution < 1.29 is 9.90 Å². The molecule has 21 heavy (non-hydrogen) atoms. The van der Waals surface area contributed by atoms with Gasteiger partial charge in [0.05, 0.1) is 5.92 Å². The summed E-state index contributed by atoms with van der Waals surface area (Å²) in [5.74, 6) is -0.747. The minimum absolute atomic E-state index is 0.231. The third-order valence-corrected chi connectivity index (χ3v) is 4.57. The van der Waals surface area contributed by atoms with Crippen LogP contribution < -0.4 is 5.73 Å². The molecule has 1 rings (SSSR count). The Balaban J connectivity index is 2.69. The maximum Gasteiger partial charge on any atom is 0.307 e. The van der Waals surface area contributed by atoms with Gasteiger partial charge in [0.2, 0.25) is 0 Å². The van der Waals surface area contributed by atoms with E-state index in [9.17, 15) is 4.79 Å². The number of rotatable bonds is 8. The van der Waals surface area contributed by atoms with E-state index in [1.165, 1.54) is 22.3 Å². The molecule has 0 aromatic heterocycles. The van der Waals surface area contributed by atoms with E-state index in [2.05, 4.69) is 39.8 Å². The zero-order valence-corrected chi connectivity index (χ0v) is 13.8. The van der Waals surface area contributed by atoms with Crippen LogP contribution in [-0.4, -0.2) is 17.6 Å². The van der Waals surface area contributed by atoms with Crippen molar-refractivity contribution in [1.82, 2.24) is 0 Å². The van der Waals surface area contributed by atoms with Crippen LogP contribution in [0.25, 0.3) is 0 Å². The molecule has 0 radical (unpaired) electrons. The Labute approximate surface area is 128 Å². The molecule has 0 saturated carbocycles. The fraction of sp³-hybridized carbons (Fsp3) is 0.611. The fourth-order valence-corrected chi connectivity index (χ4v) is 2.94. The van der Waals surface area contributed by atoms with Crippen LogP contribution in [0.3, 0.4) is 0 Å². The van der Waals surface area contributed by atoms with Crippen LogP contribution in [0.15, 0.2) is 12.1 Å². The summed E-state index contributed by atoms with van der Waals surface area (Å²) in [5, 5.41) is 9.14. The van der Waals surface area contributed by atoms with Gasteiger partial charge in [-0.3, -0.25) is 4.79 Å². The number of hydrogen-bond donors (Lipinski definition) is 2. The summed E-state index contributed by atoms with van der Waals surface area (Å²) >= 11 is 0. The van der Waals surface area contributed by atoms with Gasteiger partial charge in [0.25, 0.3) is 0 Å². The van der Waals surface area contributed by atoms with E-state index >= 15 is 0 Å². The van der Waals surface area contributed by atoms with Crippen molar-refractivity contribution in [3.05, 3.63) is 34.4 Å².